The zero-order valence-electron chi connectivity index (χ0n) is 18.0. The lowest BCUT2D eigenvalue weighted by Crippen LogP contribution is -2.28. The van der Waals surface area contributed by atoms with Crippen LogP contribution in [-0.4, -0.2) is 27.8 Å². The quantitative estimate of drug-likeness (QED) is 0.327. The van der Waals surface area contributed by atoms with Crippen LogP contribution in [0.25, 0.3) is 10.9 Å². The summed E-state index contributed by atoms with van der Waals surface area (Å²) in [5, 5.41) is 4.08. The maximum absolute atomic E-state index is 13.2. The van der Waals surface area contributed by atoms with Crippen molar-refractivity contribution in [2.45, 2.75) is 25.0 Å². The topological polar surface area (TPSA) is 64.0 Å². The number of carbonyl (C=O) groups excluding carboxylic acids is 1. The van der Waals surface area contributed by atoms with Gasteiger partial charge in [0.25, 0.3) is 5.56 Å². The van der Waals surface area contributed by atoms with Gasteiger partial charge in [-0.2, -0.15) is 0 Å². The van der Waals surface area contributed by atoms with Gasteiger partial charge in [0.1, 0.15) is 0 Å². The van der Waals surface area contributed by atoms with Crippen LogP contribution >= 0.6 is 11.8 Å². The van der Waals surface area contributed by atoms with E-state index in [0.717, 1.165) is 12.0 Å². The third kappa shape index (κ3) is 5.45. The molecule has 1 N–H and O–H groups in total. The normalized spacial score (nSPS) is 10.9. The molecule has 0 bridgehead atoms. The van der Waals surface area contributed by atoms with E-state index in [1.807, 2.05) is 79.7 Å². The Morgan fingerprint density at radius 2 is 1.66 bits per heavy atom. The molecule has 0 atom stereocenters. The van der Waals surface area contributed by atoms with Crippen molar-refractivity contribution in [1.29, 1.82) is 0 Å². The summed E-state index contributed by atoms with van der Waals surface area (Å²) < 4.78 is 1.66. The lowest BCUT2D eigenvalue weighted by Gasteiger charge is -2.13. The van der Waals surface area contributed by atoms with E-state index in [-0.39, 0.29) is 17.2 Å². The summed E-state index contributed by atoms with van der Waals surface area (Å²) >= 11 is 1.29. The molecule has 0 saturated heterocycles. The molecule has 0 radical (unpaired) electrons. The molecule has 1 aromatic heterocycles. The van der Waals surface area contributed by atoms with Crippen molar-refractivity contribution in [3.05, 3.63) is 106 Å². The van der Waals surface area contributed by atoms with Gasteiger partial charge in [-0.05, 0) is 36.6 Å². The van der Waals surface area contributed by atoms with Gasteiger partial charge in [-0.25, -0.2) is 4.98 Å². The summed E-state index contributed by atoms with van der Waals surface area (Å²) in [4.78, 5) is 30.3. The number of carbonyl (C=O) groups is 1. The number of aryl methyl sites for hydroxylation is 1. The highest BCUT2D eigenvalue weighted by molar-refractivity contribution is 7.99. The van der Waals surface area contributed by atoms with Gasteiger partial charge < -0.3 is 5.32 Å². The largest absolute Gasteiger partial charge is 0.355 e. The van der Waals surface area contributed by atoms with Crippen LogP contribution in [0.4, 0.5) is 0 Å². The summed E-state index contributed by atoms with van der Waals surface area (Å²) in [5.74, 6) is 0.128. The van der Waals surface area contributed by atoms with Crippen molar-refractivity contribution < 1.29 is 4.79 Å². The first-order chi connectivity index (χ1) is 15.6. The van der Waals surface area contributed by atoms with E-state index in [1.54, 1.807) is 10.6 Å². The van der Waals surface area contributed by atoms with Crippen LogP contribution in [-0.2, 0) is 17.8 Å². The second-order valence-electron chi connectivity index (χ2n) is 7.66. The number of thioether (sulfide) groups is 1. The number of nitrogens with zero attached hydrogens (tertiary/aromatic N) is 2. The van der Waals surface area contributed by atoms with E-state index in [0.29, 0.717) is 29.1 Å². The molecule has 4 rings (SSSR count). The predicted octanol–water partition coefficient (Wildman–Crippen LogP) is 4.20. The molecule has 1 heterocycles. The van der Waals surface area contributed by atoms with Crippen molar-refractivity contribution in [1.82, 2.24) is 14.9 Å². The van der Waals surface area contributed by atoms with Gasteiger partial charge in [0.2, 0.25) is 5.91 Å². The second kappa shape index (κ2) is 10.3. The average Bonchev–Trinajstić information content (AvgIpc) is 2.82. The van der Waals surface area contributed by atoms with Crippen molar-refractivity contribution in [2.24, 2.45) is 0 Å². The summed E-state index contributed by atoms with van der Waals surface area (Å²) in [6, 6.07) is 25.5. The van der Waals surface area contributed by atoms with Gasteiger partial charge in [0, 0.05) is 6.54 Å². The highest BCUT2D eigenvalue weighted by atomic mass is 32.2. The fourth-order valence-electron chi connectivity index (χ4n) is 3.45. The monoisotopic (exact) mass is 443 g/mol. The van der Waals surface area contributed by atoms with E-state index in [2.05, 4.69) is 5.32 Å². The molecule has 0 unspecified atom stereocenters. The molecule has 1 amide bonds. The Balaban J connectivity index is 1.49. The summed E-state index contributed by atoms with van der Waals surface area (Å²) in [6.45, 7) is 3.02. The lowest BCUT2D eigenvalue weighted by molar-refractivity contribution is -0.118. The number of rotatable bonds is 8. The van der Waals surface area contributed by atoms with Gasteiger partial charge in [-0.15, -0.1) is 0 Å². The van der Waals surface area contributed by atoms with Crippen molar-refractivity contribution in [3.8, 4) is 0 Å². The predicted molar refractivity (Wildman–Crippen MR) is 130 cm³/mol. The molecule has 162 valence electrons. The Hall–Kier alpha value is -3.38. The lowest BCUT2D eigenvalue weighted by atomic mass is 10.1. The van der Waals surface area contributed by atoms with E-state index in [4.69, 9.17) is 4.98 Å². The molecule has 0 aliphatic heterocycles. The Morgan fingerprint density at radius 1 is 0.938 bits per heavy atom. The number of benzene rings is 3. The molecular weight excluding hydrogens is 418 g/mol. The average molecular weight is 444 g/mol. The summed E-state index contributed by atoms with van der Waals surface area (Å²) in [7, 11) is 0. The van der Waals surface area contributed by atoms with Gasteiger partial charge in [-0.3, -0.25) is 14.2 Å². The van der Waals surface area contributed by atoms with Gasteiger partial charge in [0.05, 0.1) is 23.2 Å². The van der Waals surface area contributed by atoms with Crippen LogP contribution in [0, 0.1) is 6.92 Å². The van der Waals surface area contributed by atoms with E-state index >= 15 is 0 Å². The minimum Gasteiger partial charge on any atom is -0.355 e. The molecule has 32 heavy (non-hydrogen) atoms. The first kappa shape index (κ1) is 21.8. The van der Waals surface area contributed by atoms with Crippen LogP contribution in [0.5, 0.6) is 0 Å². The Morgan fingerprint density at radius 3 is 2.44 bits per heavy atom. The summed E-state index contributed by atoms with van der Waals surface area (Å²) in [5.41, 5.74) is 3.92. The molecule has 0 spiro atoms. The number of para-hydroxylation sites is 1. The molecule has 4 aromatic rings. The highest BCUT2D eigenvalue weighted by Gasteiger charge is 2.13. The number of amides is 1. The Labute approximate surface area is 191 Å². The number of aromatic nitrogens is 2. The molecule has 0 aliphatic carbocycles. The standard InChI is InChI=1S/C26H25N3O2S/c1-19-11-13-21(14-12-19)17-29-25(31)22-9-5-6-10-23(22)28-26(29)32-18-24(30)27-16-15-20-7-3-2-4-8-20/h2-14H,15-18H2,1H3,(H,27,30). The molecule has 0 fully saturated rings. The molecule has 0 aliphatic rings. The van der Waals surface area contributed by atoms with Crippen LogP contribution in [0.15, 0.2) is 88.8 Å². The number of fused-ring (bicyclic) bond motifs is 1. The number of nitrogens with one attached hydrogen (secondary N) is 1. The van der Waals surface area contributed by atoms with Crippen LogP contribution < -0.4 is 10.9 Å². The minimum absolute atomic E-state index is 0.0739. The smallest absolute Gasteiger partial charge is 0.262 e. The third-order valence-corrected chi connectivity index (χ3v) is 6.18. The zero-order valence-corrected chi connectivity index (χ0v) is 18.8. The molecule has 6 heteroatoms. The SMILES string of the molecule is Cc1ccc(Cn2c(SCC(=O)NCCc3ccccc3)nc3ccccc3c2=O)cc1. The van der Waals surface area contributed by atoms with Crippen LogP contribution in [0.1, 0.15) is 16.7 Å². The number of hydrogen-bond acceptors (Lipinski definition) is 4. The van der Waals surface area contributed by atoms with Gasteiger partial charge in [0.15, 0.2) is 5.16 Å². The third-order valence-electron chi connectivity index (χ3n) is 5.20. The van der Waals surface area contributed by atoms with Crippen LogP contribution in [0.3, 0.4) is 0 Å². The van der Waals surface area contributed by atoms with Gasteiger partial charge in [-0.1, -0.05) is 84.1 Å². The zero-order chi connectivity index (χ0) is 22.3. The maximum atomic E-state index is 13.2. The minimum atomic E-state index is -0.0943. The highest BCUT2D eigenvalue weighted by Crippen LogP contribution is 2.19. The van der Waals surface area contributed by atoms with E-state index in [1.165, 1.54) is 22.9 Å². The van der Waals surface area contributed by atoms with Crippen molar-refractivity contribution >= 4 is 28.6 Å². The summed E-state index contributed by atoms with van der Waals surface area (Å²) in [6.07, 6.45) is 0.781. The Kier molecular flexibility index (Phi) is 7.02. The molecule has 5 nitrogen and oxygen atoms in total. The van der Waals surface area contributed by atoms with Crippen LogP contribution in [0.2, 0.25) is 0 Å². The van der Waals surface area contributed by atoms with E-state index < -0.39 is 0 Å². The molecule has 3 aromatic carbocycles. The second-order valence-corrected chi connectivity index (χ2v) is 8.61. The van der Waals surface area contributed by atoms with Gasteiger partial charge >= 0.3 is 0 Å². The fourth-order valence-corrected chi connectivity index (χ4v) is 4.27. The van der Waals surface area contributed by atoms with Crippen molar-refractivity contribution in [3.63, 3.8) is 0 Å². The first-order valence-corrected chi connectivity index (χ1v) is 11.6. The first-order valence-electron chi connectivity index (χ1n) is 10.6. The van der Waals surface area contributed by atoms with Crippen molar-refractivity contribution in [2.75, 3.05) is 12.3 Å². The maximum Gasteiger partial charge on any atom is 0.262 e. The Bertz CT molecular complexity index is 1270. The fraction of sp³-hybridized carbons (Fsp3) is 0.192. The number of hydrogen-bond donors (Lipinski definition) is 1. The molecule has 0 saturated carbocycles. The molecular formula is C26H25N3O2S. The van der Waals surface area contributed by atoms with E-state index in [9.17, 15) is 9.59 Å².